The highest BCUT2D eigenvalue weighted by Gasteiger charge is 2.24. The summed E-state index contributed by atoms with van der Waals surface area (Å²) in [6.07, 6.45) is 6.53. The maximum Gasteiger partial charge on any atom is 0.138 e. The van der Waals surface area contributed by atoms with Crippen molar-refractivity contribution >= 4 is 17.3 Å². The lowest BCUT2D eigenvalue weighted by Crippen LogP contribution is -2.19. The van der Waals surface area contributed by atoms with Crippen molar-refractivity contribution in [2.75, 3.05) is 5.32 Å². The first-order valence-electron chi connectivity index (χ1n) is 8.08. The van der Waals surface area contributed by atoms with Crippen molar-refractivity contribution in [2.45, 2.75) is 71.9 Å². The maximum atomic E-state index is 6.30. The molecule has 1 aliphatic carbocycles. The lowest BCUT2D eigenvalue weighted by molar-refractivity contribution is 0.242. The van der Waals surface area contributed by atoms with E-state index >= 15 is 0 Å². The number of nitrogens with one attached hydrogen (secondary N) is 1. The molecule has 0 aliphatic heterocycles. The van der Waals surface area contributed by atoms with E-state index in [9.17, 15) is 0 Å². The highest BCUT2D eigenvalue weighted by Crippen LogP contribution is 2.35. The van der Waals surface area contributed by atoms with Crippen molar-refractivity contribution in [3.05, 3.63) is 23.2 Å². The topological polar surface area (TPSA) is 21.3 Å². The van der Waals surface area contributed by atoms with Gasteiger partial charge in [0, 0.05) is 11.7 Å². The number of hydrogen-bond donors (Lipinski definition) is 1. The van der Waals surface area contributed by atoms with Crippen LogP contribution in [0.5, 0.6) is 5.75 Å². The van der Waals surface area contributed by atoms with E-state index in [2.05, 4.69) is 25.2 Å². The molecule has 0 amide bonds. The Bertz CT molecular complexity index is 470. The molecule has 0 heterocycles. The van der Waals surface area contributed by atoms with Crippen LogP contribution in [0.15, 0.2) is 18.2 Å². The second-order valence-corrected chi connectivity index (χ2v) is 7.66. The lowest BCUT2D eigenvalue weighted by Gasteiger charge is -2.22. The molecule has 2 rings (SSSR count). The third kappa shape index (κ3) is 5.10. The standard InChI is InChI=1S/C18H28ClNO/c1-13(2)21-17-8-7-15(12-16(17)19)20-14-6-5-10-18(3,4)11-9-14/h7-8,12-14,20H,5-6,9-11H2,1-4H3. The Balaban J connectivity index is 1.98. The van der Waals surface area contributed by atoms with Crippen LogP contribution in [0, 0.1) is 5.41 Å². The van der Waals surface area contributed by atoms with Gasteiger partial charge in [-0.1, -0.05) is 31.9 Å². The summed E-state index contributed by atoms with van der Waals surface area (Å²) in [5.74, 6) is 0.763. The van der Waals surface area contributed by atoms with Gasteiger partial charge in [-0.05, 0) is 63.1 Å². The van der Waals surface area contributed by atoms with E-state index in [4.69, 9.17) is 16.3 Å². The van der Waals surface area contributed by atoms with Crippen molar-refractivity contribution in [3.8, 4) is 5.75 Å². The molecule has 0 radical (unpaired) electrons. The minimum Gasteiger partial charge on any atom is -0.489 e. The van der Waals surface area contributed by atoms with Gasteiger partial charge in [0.25, 0.3) is 0 Å². The summed E-state index contributed by atoms with van der Waals surface area (Å²) in [6, 6.07) is 6.57. The Morgan fingerprint density at radius 2 is 2.00 bits per heavy atom. The second kappa shape index (κ2) is 6.91. The average molecular weight is 310 g/mol. The van der Waals surface area contributed by atoms with Crippen molar-refractivity contribution in [1.82, 2.24) is 0 Å². The van der Waals surface area contributed by atoms with Crippen LogP contribution >= 0.6 is 11.6 Å². The molecule has 1 atom stereocenters. The van der Waals surface area contributed by atoms with Crippen LogP contribution in [-0.4, -0.2) is 12.1 Å². The van der Waals surface area contributed by atoms with Gasteiger partial charge in [0.2, 0.25) is 0 Å². The Labute approximate surface area is 134 Å². The number of halogens is 1. The van der Waals surface area contributed by atoms with Crippen LogP contribution in [0.25, 0.3) is 0 Å². The minimum atomic E-state index is 0.144. The Kier molecular flexibility index (Phi) is 5.43. The molecule has 1 N–H and O–H groups in total. The summed E-state index contributed by atoms with van der Waals surface area (Å²) >= 11 is 6.30. The highest BCUT2D eigenvalue weighted by atomic mass is 35.5. The zero-order valence-corrected chi connectivity index (χ0v) is 14.5. The van der Waals surface area contributed by atoms with Gasteiger partial charge in [0.1, 0.15) is 5.75 Å². The molecule has 1 fully saturated rings. The molecule has 3 heteroatoms. The summed E-state index contributed by atoms with van der Waals surface area (Å²) in [5.41, 5.74) is 1.59. The third-order valence-corrected chi connectivity index (χ3v) is 4.54. The molecule has 2 nitrogen and oxygen atoms in total. The third-order valence-electron chi connectivity index (χ3n) is 4.24. The molecular formula is C18H28ClNO. The molecule has 0 saturated heterocycles. The second-order valence-electron chi connectivity index (χ2n) is 7.25. The molecule has 21 heavy (non-hydrogen) atoms. The molecule has 0 aromatic heterocycles. The first kappa shape index (κ1) is 16.5. The van der Waals surface area contributed by atoms with Crippen LogP contribution in [0.2, 0.25) is 5.02 Å². The van der Waals surface area contributed by atoms with Gasteiger partial charge in [0.15, 0.2) is 0 Å². The van der Waals surface area contributed by atoms with Crippen molar-refractivity contribution in [2.24, 2.45) is 5.41 Å². The van der Waals surface area contributed by atoms with E-state index in [0.29, 0.717) is 16.5 Å². The monoisotopic (exact) mass is 309 g/mol. The summed E-state index contributed by atoms with van der Waals surface area (Å²) < 4.78 is 5.68. The first-order valence-corrected chi connectivity index (χ1v) is 8.46. The van der Waals surface area contributed by atoms with E-state index in [1.807, 2.05) is 26.0 Å². The largest absolute Gasteiger partial charge is 0.489 e. The fourth-order valence-electron chi connectivity index (χ4n) is 2.98. The molecule has 0 spiro atoms. The van der Waals surface area contributed by atoms with E-state index in [-0.39, 0.29) is 6.10 Å². The van der Waals surface area contributed by atoms with Crippen LogP contribution in [0.3, 0.4) is 0 Å². The average Bonchev–Trinajstić information content (AvgIpc) is 2.54. The first-order chi connectivity index (χ1) is 9.85. The summed E-state index contributed by atoms with van der Waals surface area (Å²) in [6.45, 7) is 8.78. The molecule has 118 valence electrons. The van der Waals surface area contributed by atoms with Gasteiger partial charge in [0.05, 0.1) is 11.1 Å². The van der Waals surface area contributed by atoms with Gasteiger partial charge in [-0.25, -0.2) is 0 Å². The number of rotatable bonds is 4. The normalized spacial score (nSPS) is 21.9. The van der Waals surface area contributed by atoms with Gasteiger partial charge in [-0.3, -0.25) is 0 Å². The SMILES string of the molecule is CC(C)Oc1ccc(NC2CCCC(C)(C)CC2)cc1Cl. The molecule has 1 aromatic carbocycles. The predicted molar refractivity (Wildman–Crippen MR) is 91.5 cm³/mol. The Morgan fingerprint density at radius 3 is 2.67 bits per heavy atom. The zero-order chi connectivity index (χ0) is 15.5. The number of benzene rings is 1. The lowest BCUT2D eigenvalue weighted by atomic mass is 9.85. The van der Waals surface area contributed by atoms with E-state index < -0.39 is 0 Å². The smallest absolute Gasteiger partial charge is 0.138 e. The minimum absolute atomic E-state index is 0.144. The number of ether oxygens (including phenoxy) is 1. The number of hydrogen-bond acceptors (Lipinski definition) is 2. The van der Waals surface area contributed by atoms with Gasteiger partial charge in [-0.2, -0.15) is 0 Å². The number of anilines is 1. The summed E-state index contributed by atoms with van der Waals surface area (Å²) in [7, 11) is 0. The van der Waals surface area contributed by atoms with Crippen LogP contribution in [0.1, 0.15) is 59.8 Å². The van der Waals surface area contributed by atoms with Crippen molar-refractivity contribution < 1.29 is 4.74 Å². The fraction of sp³-hybridized carbons (Fsp3) is 0.667. The summed E-state index contributed by atoms with van der Waals surface area (Å²) in [4.78, 5) is 0. The molecule has 0 bridgehead atoms. The quantitative estimate of drug-likeness (QED) is 0.699. The van der Waals surface area contributed by atoms with E-state index in [1.165, 1.54) is 32.1 Å². The van der Waals surface area contributed by atoms with Gasteiger partial charge >= 0.3 is 0 Å². The fourth-order valence-corrected chi connectivity index (χ4v) is 3.21. The summed E-state index contributed by atoms with van der Waals surface area (Å²) in [5, 5.41) is 4.32. The van der Waals surface area contributed by atoms with Gasteiger partial charge in [-0.15, -0.1) is 0 Å². The molecule has 1 aromatic rings. The molecule has 1 saturated carbocycles. The maximum absolute atomic E-state index is 6.30. The molecular weight excluding hydrogens is 282 g/mol. The van der Waals surface area contributed by atoms with Crippen LogP contribution in [-0.2, 0) is 0 Å². The van der Waals surface area contributed by atoms with Crippen molar-refractivity contribution in [1.29, 1.82) is 0 Å². The molecule has 1 unspecified atom stereocenters. The van der Waals surface area contributed by atoms with Crippen molar-refractivity contribution in [3.63, 3.8) is 0 Å². The Morgan fingerprint density at radius 1 is 1.24 bits per heavy atom. The zero-order valence-electron chi connectivity index (χ0n) is 13.7. The van der Waals surface area contributed by atoms with E-state index in [1.54, 1.807) is 0 Å². The van der Waals surface area contributed by atoms with E-state index in [0.717, 1.165) is 11.4 Å². The predicted octanol–water partition coefficient (Wildman–Crippen LogP) is 5.90. The van der Waals surface area contributed by atoms with Crippen LogP contribution < -0.4 is 10.1 Å². The molecule has 1 aliphatic rings. The Hall–Kier alpha value is -0.890. The van der Waals surface area contributed by atoms with Crippen LogP contribution in [0.4, 0.5) is 5.69 Å². The highest BCUT2D eigenvalue weighted by molar-refractivity contribution is 6.32. The van der Waals surface area contributed by atoms with Gasteiger partial charge < -0.3 is 10.1 Å².